The Balaban J connectivity index is 2.34. The lowest BCUT2D eigenvalue weighted by Crippen LogP contribution is -2.17. The van der Waals surface area contributed by atoms with Crippen LogP contribution in [0.2, 0.25) is 0 Å². The molecule has 0 bridgehead atoms. The predicted octanol–water partition coefficient (Wildman–Crippen LogP) is 8.83. The molecule has 0 unspecified atom stereocenters. The first-order valence-electron chi connectivity index (χ1n) is 12.5. The number of benzene rings is 3. The molecule has 0 saturated heterocycles. The zero-order valence-electron chi connectivity index (χ0n) is 23.3. The first kappa shape index (κ1) is 36.2. The van der Waals surface area contributed by atoms with Crippen molar-refractivity contribution in [3.63, 3.8) is 0 Å². The summed E-state index contributed by atoms with van der Waals surface area (Å²) in [5, 5.41) is 48.5. The maximum Gasteiger partial charge on any atom is 0.422 e. The molecule has 1 aliphatic rings. The third-order valence-electron chi connectivity index (χ3n) is 6.91. The van der Waals surface area contributed by atoms with Crippen LogP contribution in [0.5, 0.6) is 0 Å². The van der Waals surface area contributed by atoms with E-state index in [1.54, 1.807) is 6.07 Å². The van der Waals surface area contributed by atoms with E-state index in [0.717, 1.165) is 30.3 Å². The van der Waals surface area contributed by atoms with Crippen LogP contribution in [0.25, 0.3) is 16.7 Å². The van der Waals surface area contributed by atoms with Crippen molar-refractivity contribution in [2.45, 2.75) is 12.4 Å². The van der Waals surface area contributed by atoms with Crippen LogP contribution in [0.15, 0.2) is 34.9 Å². The van der Waals surface area contributed by atoms with Crippen LogP contribution in [0.4, 0.5) is 61.5 Å². The molecule has 250 valence electrons. The van der Waals surface area contributed by atoms with Gasteiger partial charge in [-0.15, -0.1) is 0 Å². The lowest BCUT2D eigenvalue weighted by molar-refractivity contribution is -0.144. The van der Waals surface area contributed by atoms with Gasteiger partial charge in [0.15, 0.2) is 46.5 Å². The van der Waals surface area contributed by atoms with Crippen molar-refractivity contribution in [1.29, 1.82) is 26.3 Å². The van der Waals surface area contributed by atoms with Crippen LogP contribution in [-0.4, -0.2) is 0 Å². The quantitative estimate of drug-likeness (QED) is 0.153. The fraction of sp³-hybridized carbons (Fsp3) is 0.0645. The summed E-state index contributed by atoms with van der Waals surface area (Å²) in [5.41, 5.74) is -20.9. The number of nitrogens with zero attached hydrogens (tertiary/aromatic N) is 5. The molecular formula is C31H3F14N5. The summed E-state index contributed by atoms with van der Waals surface area (Å²) in [6.45, 7) is 0. The summed E-state index contributed by atoms with van der Waals surface area (Å²) < 4.78 is 198. The van der Waals surface area contributed by atoms with E-state index in [2.05, 4.69) is 0 Å². The molecule has 19 heteroatoms. The highest BCUT2D eigenvalue weighted by Gasteiger charge is 2.48. The maximum absolute atomic E-state index is 15.1. The Morgan fingerprint density at radius 2 is 0.800 bits per heavy atom. The van der Waals surface area contributed by atoms with Crippen molar-refractivity contribution in [1.82, 2.24) is 0 Å². The fourth-order valence-electron chi connectivity index (χ4n) is 4.78. The van der Waals surface area contributed by atoms with Crippen molar-refractivity contribution in [3.05, 3.63) is 120 Å². The van der Waals surface area contributed by atoms with Crippen LogP contribution in [-0.2, 0) is 12.4 Å². The van der Waals surface area contributed by atoms with Crippen molar-refractivity contribution in [2.75, 3.05) is 0 Å². The van der Waals surface area contributed by atoms with Crippen molar-refractivity contribution >= 4 is 16.7 Å². The zero-order valence-corrected chi connectivity index (χ0v) is 23.3. The molecule has 3 aromatic carbocycles. The van der Waals surface area contributed by atoms with Gasteiger partial charge in [-0.2, -0.15) is 52.7 Å². The topological polar surface area (TPSA) is 119 Å². The first-order valence-corrected chi connectivity index (χ1v) is 12.5. The standard InChI is InChI=1S/C31H3F14N5/c32-22-18(23(33)27(37)20(26(22)36)30(40,41)42)13(7-49)16-15(12(6-48)11-3-9(4-46)1-2-10(11)5-47)17(16)14(8-50)19-24(34)28(38)21(31(43,44)45)29(39)25(19)35/h1-3H/b15-12-,16-13?,17-14-. The summed E-state index contributed by atoms with van der Waals surface area (Å²) in [6.07, 6.45) is -12.2. The van der Waals surface area contributed by atoms with E-state index in [4.69, 9.17) is 0 Å². The molecule has 0 spiro atoms. The number of halogens is 14. The molecule has 1 fully saturated rings. The molecule has 5 nitrogen and oxygen atoms in total. The molecule has 1 aliphatic carbocycles. The molecule has 0 radical (unpaired) electrons. The summed E-state index contributed by atoms with van der Waals surface area (Å²) >= 11 is 0. The van der Waals surface area contributed by atoms with E-state index in [9.17, 15) is 70.2 Å². The number of hydrogen-bond acceptors (Lipinski definition) is 5. The Bertz CT molecular complexity index is 2200. The van der Waals surface area contributed by atoms with Gasteiger partial charge in [0.25, 0.3) is 0 Å². The molecule has 4 rings (SSSR count). The second kappa shape index (κ2) is 12.4. The summed E-state index contributed by atoms with van der Waals surface area (Å²) in [4.78, 5) is 0. The highest BCUT2D eigenvalue weighted by molar-refractivity contribution is 6.12. The van der Waals surface area contributed by atoms with Gasteiger partial charge >= 0.3 is 12.4 Å². The highest BCUT2D eigenvalue weighted by Crippen LogP contribution is 2.57. The van der Waals surface area contributed by atoms with Crippen LogP contribution in [0.1, 0.15) is 38.9 Å². The van der Waals surface area contributed by atoms with Gasteiger partial charge in [-0.25, -0.2) is 35.1 Å². The minimum Gasteiger partial charge on any atom is -0.203 e. The smallest absolute Gasteiger partial charge is 0.203 e. The van der Waals surface area contributed by atoms with E-state index in [0.29, 0.717) is 0 Å². The normalized spacial score (nSPS) is 15.6. The Labute approximate surface area is 267 Å². The van der Waals surface area contributed by atoms with Crippen LogP contribution < -0.4 is 0 Å². The van der Waals surface area contributed by atoms with Crippen LogP contribution >= 0.6 is 0 Å². The average Bonchev–Trinajstić information content (AvgIpc) is 3.75. The number of rotatable bonds is 3. The third kappa shape index (κ3) is 5.53. The third-order valence-corrected chi connectivity index (χ3v) is 6.91. The Kier molecular flexibility index (Phi) is 8.99. The Morgan fingerprint density at radius 3 is 1.08 bits per heavy atom. The van der Waals surface area contributed by atoms with Crippen molar-refractivity contribution in [2.24, 2.45) is 0 Å². The van der Waals surface area contributed by atoms with Gasteiger partial charge in [0, 0.05) is 22.3 Å². The monoisotopic (exact) mass is 711 g/mol. The van der Waals surface area contributed by atoms with Gasteiger partial charge < -0.3 is 0 Å². The van der Waals surface area contributed by atoms with Gasteiger partial charge in [-0.3, -0.25) is 0 Å². The molecule has 0 aromatic heterocycles. The number of alkyl halides is 6. The molecule has 0 heterocycles. The van der Waals surface area contributed by atoms with Gasteiger partial charge in [0.1, 0.15) is 29.3 Å². The van der Waals surface area contributed by atoms with Crippen molar-refractivity contribution < 1.29 is 61.5 Å². The molecular weight excluding hydrogens is 708 g/mol. The number of hydrogen-bond donors (Lipinski definition) is 0. The Hall–Kier alpha value is -6.65. The van der Waals surface area contributed by atoms with Gasteiger partial charge in [0.05, 0.1) is 51.1 Å². The average molecular weight is 711 g/mol. The van der Waals surface area contributed by atoms with E-state index in [1.807, 2.05) is 0 Å². The predicted molar refractivity (Wildman–Crippen MR) is 136 cm³/mol. The lowest BCUT2D eigenvalue weighted by Gasteiger charge is -2.14. The second-order valence-electron chi connectivity index (χ2n) is 9.58. The molecule has 50 heavy (non-hydrogen) atoms. The van der Waals surface area contributed by atoms with E-state index in [-0.39, 0.29) is 5.56 Å². The van der Waals surface area contributed by atoms with Gasteiger partial charge in [0.2, 0.25) is 0 Å². The van der Waals surface area contributed by atoms with E-state index in [1.165, 1.54) is 12.1 Å². The van der Waals surface area contributed by atoms with E-state index >= 15 is 17.6 Å². The number of nitriles is 5. The lowest BCUT2D eigenvalue weighted by atomic mass is 9.96. The summed E-state index contributed by atoms with van der Waals surface area (Å²) in [5.74, 6) is -24.2. The zero-order chi connectivity index (χ0) is 37.8. The molecule has 0 atom stereocenters. The first-order chi connectivity index (χ1) is 23.2. The minimum atomic E-state index is -6.09. The largest absolute Gasteiger partial charge is 0.422 e. The van der Waals surface area contributed by atoms with Gasteiger partial charge in [-0.05, 0) is 18.2 Å². The van der Waals surface area contributed by atoms with E-state index < -0.39 is 126 Å². The van der Waals surface area contributed by atoms with Gasteiger partial charge in [-0.1, -0.05) is 0 Å². The summed E-state index contributed by atoms with van der Waals surface area (Å²) in [6, 6.07) is 8.94. The molecule has 3 aromatic rings. The molecule has 0 aliphatic heterocycles. The minimum absolute atomic E-state index is 0.349. The molecule has 1 saturated carbocycles. The van der Waals surface area contributed by atoms with Crippen LogP contribution in [0.3, 0.4) is 0 Å². The summed E-state index contributed by atoms with van der Waals surface area (Å²) in [7, 11) is 0. The maximum atomic E-state index is 15.1. The number of allylic oxidation sites excluding steroid dienone is 6. The Morgan fingerprint density at radius 1 is 0.460 bits per heavy atom. The molecule has 0 N–H and O–H groups in total. The second-order valence-corrected chi connectivity index (χ2v) is 9.58. The van der Waals surface area contributed by atoms with Crippen molar-refractivity contribution in [3.8, 4) is 30.3 Å². The van der Waals surface area contributed by atoms with Crippen LogP contribution in [0, 0.1) is 103 Å². The molecule has 0 amide bonds. The fourth-order valence-corrected chi connectivity index (χ4v) is 4.78. The highest BCUT2D eigenvalue weighted by atomic mass is 19.4. The SMILES string of the molecule is N#CC(=C1C(=C(\C#N)c2cc(C#N)ccc2C#N)/C1=C(\C#N)c1c(F)c(F)c(C(F)(F)F)c(F)c1F)c1c(F)c(F)c(C(F)(F)F)c(F)c1F.